The highest BCUT2D eigenvalue weighted by Crippen LogP contribution is 2.36. The molecule has 0 aromatic rings. The zero-order valence-corrected chi connectivity index (χ0v) is 13.0. The monoisotopic (exact) mass is 324 g/mol. The summed E-state index contributed by atoms with van der Waals surface area (Å²) in [5.74, 6) is 0. The first kappa shape index (κ1) is 14.4. The number of rotatable bonds is 4. The SMILES string of the molecule is C=C/C=C(\I)CO[Si](C)(C)C(C)(C)C. The first-order chi connectivity index (χ1) is 6.20. The van der Waals surface area contributed by atoms with Gasteiger partial charge in [0.2, 0.25) is 0 Å². The molecule has 82 valence electrons. The molecule has 0 radical (unpaired) electrons. The van der Waals surface area contributed by atoms with E-state index in [0.717, 1.165) is 6.61 Å². The maximum atomic E-state index is 6.02. The third-order valence-electron chi connectivity index (χ3n) is 2.68. The van der Waals surface area contributed by atoms with E-state index in [1.54, 1.807) is 6.08 Å². The van der Waals surface area contributed by atoms with E-state index in [2.05, 4.69) is 63.0 Å². The highest BCUT2D eigenvalue weighted by molar-refractivity contribution is 14.1. The summed E-state index contributed by atoms with van der Waals surface area (Å²) in [6, 6.07) is 0. The quantitative estimate of drug-likeness (QED) is 0.420. The summed E-state index contributed by atoms with van der Waals surface area (Å²) in [6.07, 6.45) is 3.80. The minimum atomic E-state index is -1.58. The summed E-state index contributed by atoms with van der Waals surface area (Å²) in [6.45, 7) is 15.7. The Kier molecular flexibility index (Phi) is 5.62. The zero-order valence-electron chi connectivity index (χ0n) is 9.86. The molecule has 0 fully saturated rings. The lowest BCUT2D eigenvalue weighted by molar-refractivity contribution is 0.327. The molecule has 0 aliphatic rings. The molecule has 14 heavy (non-hydrogen) atoms. The Balaban J connectivity index is 4.26. The Morgan fingerprint density at radius 3 is 2.29 bits per heavy atom. The van der Waals surface area contributed by atoms with Crippen molar-refractivity contribution in [3.63, 3.8) is 0 Å². The van der Waals surface area contributed by atoms with Gasteiger partial charge in [-0.15, -0.1) is 0 Å². The summed E-state index contributed by atoms with van der Waals surface area (Å²) in [7, 11) is -1.58. The van der Waals surface area contributed by atoms with Crippen LogP contribution in [0, 0.1) is 0 Å². The fourth-order valence-electron chi connectivity index (χ4n) is 0.642. The number of hydrogen-bond donors (Lipinski definition) is 0. The largest absolute Gasteiger partial charge is 0.412 e. The second kappa shape index (κ2) is 5.46. The molecule has 0 heterocycles. The van der Waals surface area contributed by atoms with E-state index >= 15 is 0 Å². The third-order valence-corrected chi connectivity index (χ3v) is 7.83. The van der Waals surface area contributed by atoms with Gasteiger partial charge in [-0.2, -0.15) is 0 Å². The minimum absolute atomic E-state index is 0.290. The molecule has 1 nitrogen and oxygen atoms in total. The van der Waals surface area contributed by atoms with Gasteiger partial charge < -0.3 is 4.43 Å². The van der Waals surface area contributed by atoms with Gasteiger partial charge in [0.05, 0.1) is 6.61 Å². The van der Waals surface area contributed by atoms with E-state index < -0.39 is 8.32 Å². The number of halogens is 1. The van der Waals surface area contributed by atoms with Crippen LogP contribution in [0.15, 0.2) is 22.3 Å². The zero-order chi connectivity index (χ0) is 11.4. The van der Waals surface area contributed by atoms with Gasteiger partial charge in [0, 0.05) is 3.58 Å². The average molecular weight is 324 g/mol. The highest BCUT2D eigenvalue weighted by atomic mass is 127. The standard InChI is InChI=1S/C11H21IOSi/c1-7-8-10(12)9-13-14(5,6)11(2,3)4/h7-8H,1,9H2,2-6H3/b10-8-. The van der Waals surface area contributed by atoms with Crippen molar-refractivity contribution in [1.29, 1.82) is 0 Å². The van der Waals surface area contributed by atoms with Gasteiger partial charge >= 0.3 is 0 Å². The van der Waals surface area contributed by atoms with Gasteiger partial charge in [-0.25, -0.2) is 0 Å². The van der Waals surface area contributed by atoms with Crippen LogP contribution >= 0.6 is 22.6 Å². The first-order valence-corrected chi connectivity index (χ1v) is 8.80. The van der Waals surface area contributed by atoms with Crippen molar-refractivity contribution in [2.45, 2.75) is 38.9 Å². The van der Waals surface area contributed by atoms with E-state index in [9.17, 15) is 0 Å². The normalized spacial score (nSPS) is 14.3. The van der Waals surface area contributed by atoms with Crippen LogP contribution in [0.3, 0.4) is 0 Å². The summed E-state index contributed by atoms with van der Waals surface area (Å²) in [4.78, 5) is 0. The van der Waals surface area contributed by atoms with Crippen molar-refractivity contribution in [2.75, 3.05) is 6.61 Å². The van der Waals surface area contributed by atoms with E-state index in [-0.39, 0.29) is 5.04 Å². The molecule has 0 aromatic heterocycles. The Labute approximate surface area is 103 Å². The lowest BCUT2D eigenvalue weighted by atomic mass is 10.2. The van der Waals surface area contributed by atoms with Gasteiger partial charge in [-0.3, -0.25) is 0 Å². The smallest absolute Gasteiger partial charge is 0.192 e. The Morgan fingerprint density at radius 2 is 1.93 bits per heavy atom. The van der Waals surface area contributed by atoms with E-state index in [0.29, 0.717) is 0 Å². The molecule has 0 bridgehead atoms. The molecular weight excluding hydrogens is 303 g/mol. The molecule has 0 rings (SSSR count). The molecule has 3 heteroatoms. The van der Waals surface area contributed by atoms with Crippen molar-refractivity contribution >= 4 is 30.9 Å². The van der Waals surface area contributed by atoms with Crippen molar-refractivity contribution < 1.29 is 4.43 Å². The fraction of sp³-hybridized carbons (Fsp3) is 0.636. The van der Waals surface area contributed by atoms with Gasteiger partial charge in [0.25, 0.3) is 0 Å². The van der Waals surface area contributed by atoms with Crippen LogP contribution in [0.4, 0.5) is 0 Å². The maximum absolute atomic E-state index is 6.02. The fourth-order valence-corrected chi connectivity index (χ4v) is 2.29. The van der Waals surface area contributed by atoms with Crippen LogP contribution in [-0.4, -0.2) is 14.9 Å². The summed E-state index contributed by atoms with van der Waals surface area (Å²) in [5, 5.41) is 0.290. The molecule has 0 aliphatic carbocycles. The minimum Gasteiger partial charge on any atom is -0.412 e. The Hall–Kier alpha value is 0.387. The number of allylic oxidation sites excluding steroid dienone is 2. The molecular formula is C11H21IOSi. The second-order valence-corrected chi connectivity index (χ2v) is 11.1. The molecule has 0 atom stereocenters. The van der Waals surface area contributed by atoms with Crippen LogP contribution in [0.2, 0.25) is 18.1 Å². The Morgan fingerprint density at radius 1 is 1.43 bits per heavy atom. The Bertz CT molecular complexity index is 226. The van der Waals surface area contributed by atoms with Crippen molar-refractivity contribution in [1.82, 2.24) is 0 Å². The average Bonchev–Trinajstić information content (AvgIpc) is 1.99. The molecule has 0 unspecified atom stereocenters. The van der Waals surface area contributed by atoms with Crippen molar-refractivity contribution in [3.05, 3.63) is 22.3 Å². The van der Waals surface area contributed by atoms with E-state index in [4.69, 9.17) is 4.43 Å². The molecule has 0 saturated heterocycles. The molecule has 0 N–H and O–H groups in total. The van der Waals surface area contributed by atoms with Crippen LogP contribution in [0.5, 0.6) is 0 Å². The van der Waals surface area contributed by atoms with Crippen LogP contribution in [-0.2, 0) is 4.43 Å². The summed E-state index contributed by atoms with van der Waals surface area (Å²) < 4.78 is 7.23. The van der Waals surface area contributed by atoms with Gasteiger partial charge in [0.1, 0.15) is 0 Å². The maximum Gasteiger partial charge on any atom is 0.192 e. The van der Waals surface area contributed by atoms with Crippen LogP contribution in [0.1, 0.15) is 20.8 Å². The van der Waals surface area contributed by atoms with Crippen LogP contribution in [0.25, 0.3) is 0 Å². The lowest BCUT2D eigenvalue weighted by Gasteiger charge is -2.36. The van der Waals surface area contributed by atoms with Crippen molar-refractivity contribution in [3.8, 4) is 0 Å². The van der Waals surface area contributed by atoms with E-state index in [1.165, 1.54) is 3.58 Å². The summed E-state index contributed by atoms with van der Waals surface area (Å²) in [5.41, 5.74) is 0. The highest BCUT2D eigenvalue weighted by Gasteiger charge is 2.36. The lowest BCUT2D eigenvalue weighted by Crippen LogP contribution is -2.41. The first-order valence-electron chi connectivity index (χ1n) is 4.82. The molecule has 0 saturated carbocycles. The second-order valence-electron chi connectivity index (χ2n) is 4.90. The van der Waals surface area contributed by atoms with Crippen molar-refractivity contribution in [2.24, 2.45) is 0 Å². The predicted octanol–water partition coefficient (Wildman–Crippen LogP) is 4.51. The third kappa shape index (κ3) is 4.75. The molecule has 0 aromatic carbocycles. The predicted molar refractivity (Wildman–Crippen MR) is 75.4 cm³/mol. The topological polar surface area (TPSA) is 9.23 Å². The number of hydrogen-bond acceptors (Lipinski definition) is 1. The molecule has 0 spiro atoms. The van der Waals surface area contributed by atoms with E-state index in [1.807, 2.05) is 6.08 Å². The van der Waals surface area contributed by atoms with Gasteiger partial charge in [-0.05, 0) is 40.7 Å². The molecule has 0 aliphatic heterocycles. The molecule has 0 amide bonds. The van der Waals surface area contributed by atoms with Gasteiger partial charge in [-0.1, -0.05) is 39.5 Å². The summed E-state index contributed by atoms with van der Waals surface area (Å²) >= 11 is 2.30. The van der Waals surface area contributed by atoms with Gasteiger partial charge in [0.15, 0.2) is 8.32 Å². The van der Waals surface area contributed by atoms with Crippen LogP contribution < -0.4 is 0 Å².